The third kappa shape index (κ3) is 1.83. The number of rotatable bonds is 1. The number of fused-ring (bicyclic) bond motifs is 1. The Balaban J connectivity index is 2.41. The van der Waals surface area contributed by atoms with Gasteiger partial charge in [-0.3, -0.25) is 9.59 Å². The minimum absolute atomic E-state index is 0.000417. The molecule has 0 aliphatic heterocycles. The molecule has 0 radical (unpaired) electrons. The molecule has 0 bridgehead atoms. The third-order valence-corrected chi connectivity index (χ3v) is 5.18. The first-order valence-electron chi connectivity index (χ1n) is 6.99. The van der Waals surface area contributed by atoms with Crippen LogP contribution in [-0.2, 0) is 9.59 Å². The highest BCUT2D eigenvalue weighted by atomic mass is 16.3. The molecule has 4 atom stereocenters. The summed E-state index contributed by atoms with van der Waals surface area (Å²) in [5, 5.41) is 10.5. The average Bonchev–Trinajstić information content (AvgIpc) is 2.23. The lowest BCUT2D eigenvalue weighted by Crippen LogP contribution is -2.60. The number of hydrogen-bond donors (Lipinski definition) is 1. The van der Waals surface area contributed by atoms with Crippen molar-refractivity contribution in [2.24, 2.45) is 23.2 Å². The summed E-state index contributed by atoms with van der Waals surface area (Å²) in [5.74, 6) is 0.0501. The molecule has 0 amide bonds. The van der Waals surface area contributed by atoms with Gasteiger partial charge < -0.3 is 5.11 Å². The van der Waals surface area contributed by atoms with E-state index >= 15 is 0 Å². The maximum absolute atomic E-state index is 12.7. The fourth-order valence-electron chi connectivity index (χ4n) is 4.02. The van der Waals surface area contributed by atoms with Crippen LogP contribution in [0.3, 0.4) is 0 Å². The highest BCUT2D eigenvalue weighted by Crippen LogP contribution is 2.52. The molecule has 0 spiro atoms. The number of carbonyl (C=O) groups excluding carboxylic acids is 2. The van der Waals surface area contributed by atoms with Gasteiger partial charge in [-0.15, -0.1) is 0 Å². The van der Waals surface area contributed by atoms with Gasteiger partial charge in [0.15, 0.2) is 0 Å². The monoisotopic (exact) mass is 252 g/mol. The van der Waals surface area contributed by atoms with E-state index in [-0.39, 0.29) is 23.4 Å². The Kier molecular flexibility index (Phi) is 3.17. The summed E-state index contributed by atoms with van der Waals surface area (Å²) >= 11 is 0. The molecule has 0 unspecified atom stereocenters. The normalized spacial score (nSPS) is 45.2. The van der Waals surface area contributed by atoms with Crippen molar-refractivity contribution in [1.29, 1.82) is 0 Å². The minimum Gasteiger partial charge on any atom is -0.389 e. The molecule has 2 aliphatic rings. The molecule has 0 aromatic heterocycles. The fourth-order valence-corrected chi connectivity index (χ4v) is 4.02. The van der Waals surface area contributed by atoms with Crippen molar-refractivity contribution >= 4 is 11.6 Å². The lowest BCUT2D eigenvalue weighted by atomic mass is 9.51. The number of aliphatic hydroxyl groups is 1. The summed E-state index contributed by atoms with van der Waals surface area (Å²) in [6.45, 7) is 7.69. The van der Waals surface area contributed by atoms with Crippen LogP contribution in [-0.4, -0.2) is 22.3 Å². The third-order valence-electron chi connectivity index (χ3n) is 5.18. The van der Waals surface area contributed by atoms with E-state index in [1.165, 1.54) is 0 Å². The zero-order chi connectivity index (χ0) is 13.7. The average molecular weight is 252 g/mol. The van der Waals surface area contributed by atoms with Crippen molar-refractivity contribution in [3.63, 3.8) is 0 Å². The lowest BCUT2D eigenvalue weighted by Gasteiger charge is -2.52. The van der Waals surface area contributed by atoms with Crippen LogP contribution in [0, 0.1) is 23.2 Å². The molecule has 3 nitrogen and oxygen atoms in total. The molecule has 18 heavy (non-hydrogen) atoms. The Morgan fingerprint density at radius 3 is 2.39 bits per heavy atom. The van der Waals surface area contributed by atoms with Crippen LogP contribution in [0.15, 0.2) is 0 Å². The van der Waals surface area contributed by atoms with Gasteiger partial charge in [-0.25, -0.2) is 0 Å². The Bertz CT molecular complexity index is 383. The van der Waals surface area contributed by atoms with Gasteiger partial charge in [-0.1, -0.05) is 20.8 Å². The Morgan fingerprint density at radius 1 is 1.22 bits per heavy atom. The number of hydrogen-bond acceptors (Lipinski definition) is 3. The molecule has 3 heteroatoms. The van der Waals surface area contributed by atoms with E-state index in [2.05, 4.69) is 0 Å². The van der Waals surface area contributed by atoms with Gasteiger partial charge in [0.05, 0.1) is 11.5 Å². The molecule has 0 aromatic rings. The Labute approximate surface area is 109 Å². The van der Waals surface area contributed by atoms with E-state index in [0.717, 1.165) is 12.8 Å². The van der Waals surface area contributed by atoms with Crippen LogP contribution in [0.1, 0.15) is 53.4 Å². The van der Waals surface area contributed by atoms with E-state index in [0.29, 0.717) is 12.8 Å². The first-order valence-corrected chi connectivity index (χ1v) is 6.99. The number of Topliss-reactive ketones (excluding diaryl/α,β-unsaturated/α-hetero) is 2. The SMILES string of the molecule is CC(C)[C@@H]1CC[C@@]2(C)C(=O)CC[C@@](C)(O)[C@@H]2C1=O. The predicted octanol–water partition coefficient (Wildman–Crippen LogP) is 2.36. The van der Waals surface area contributed by atoms with Crippen molar-refractivity contribution in [1.82, 2.24) is 0 Å². The van der Waals surface area contributed by atoms with Crippen molar-refractivity contribution in [3.8, 4) is 0 Å². The molecule has 102 valence electrons. The van der Waals surface area contributed by atoms with Gasteiger partial charge in [0, 0.05) is 17.8 Å². The second kappa shape index (κ2) is 4.16. The van der Waals surface area contributed by atoms with E-state index < -0.39 is 16.9 Å². The molecule has 0 aromatic carbocycles. The van der Waals surface area contributed by atoms with Gasteiger partial charge in [0.25, 0.3) is 0 Å². The van der Waals surface area contributed by atoms with Gasteiger partial charge in [-0.05, 0) is 32.1 Å². The topological polar surface area (TPSA) is 54.4 Å². The van der Waals surface area contributed by atoms with E-state index in [4.69, 9.17) is 0 Å². The van der Waals surface area contributed by atoms with Crippen LogP contribution in [0.2, 0.25) is 0 Å². The Morgan fingerprint density at radius 2 is 1.83 bits per heavy atom. The molecule has 0 saturated heterocycles. The quantitative estimate of drug-likeness (QED) is 0.779. The summed E-state index contributed by atoms with van der Waals surface area (Å²) in [7, 11) is 0. The highest BCUT2D eigenvalue weighted by molar-refractivity contribution is 5.96. The van der Waals surface area contributed by atoms with Crippen molar-refractivity contribution < 1.29 is 14.7 Å². The highest BCUT2D eigenvalue weighted by Gasteiger charge is 2.59. The molecular formula is C15H24O3. The van der Waals surface area contributed by atoms with E-state index in [1.54, 1.807) is 6.92 Å². The van der Waals surface area contributed by atoms with Crippen molar-refractivity contribution in [2.45, 2.75) is 59.0 Å². The Hall–Kier alpha value is -0.700. The summed E-state index contributed by atoms with van der Waals surface area (Å²) in [6.07, 6.45) is 2.34. The molecule has 1 N–H and O–H groups in total. The lowest BCUT2D eigenvalue weighted by molar-refractivity contribution is -0.171. The second-order valence-corrected chi connectivity index (χ2v) is 6.92. The molecule has 2 fully saturated rings. The van der Waals surface area contributed by atoms with Crippen molar-refractivity contribution in [3.05, 3.63) is 0 Å². The van der Waals surface area contributed by atoms with Gasteiger partial charge in [0.2, 0.25) is 0 Å². The summed E-state index contributed by atoms with van der Waals surface area (Å²) in [5.41, 5.74) is -1.66. The van der Waals surface area contributed by atoms with Crippen LogP contribution >= 0.6 is 0 Å². The number of ketones is 2. The van der Waals surface area contributed by atoms with Gasteiger partial charge in [-0.2, -0.15) is 0 Å². The van der Waals surface area contributed by atoms with E-state index in [9.17, 15) is 14.7 Å². The minimum atomic E-state index is -1.02. The van der Waals surface area contributed by atoms with Gasteiger partial charge >= 0.3 is 0 Å². The number of carbonyl (C=O) groups is 2. The largest absolute Gasteiger partial charge is 0.389 e. The molecule has 2 saturated carbocycles. The van der Waals surface area contributed by atoms with Crippen molar-refractivity contribution in [2.75, 3.05) is 0 Å². The summed E-state index contributed by atoms with van der Waals surface area (Å²) in [6, 6.07) is 0. The predicted molar refractivity (Wildman–Crippen MR) is 69.0 cm³/mol. The summed E-state index contributed by atoms with van der Waals surface area (Å²) in [4.78, 5) is 24.9. The second-order valence-electron chi connectivity index (χ2n) is 6.92. The maximum atomic E-state index is 12.7. The van der Waals surface area contributed by atoms with Crippen LogP contribution < -0.4 is 0 Å². The molecule has 2 rings (SSSR count). The zero-order valence-electron chi connectivity index (χ0n) is 11.8. The standard InChI is InChI=1S/C15H24O3/c1-9(2)10-5-7-14(3)11(16)6-8-15(4,18)13(14)12(10)17/h9-10,13,18H,5-8H2,1-4H3/t10-,13+,14-,15+/m0/s1. The smallest absolute Gasteiger partial charge is 0.143 e. The van der Waals surface area contributed by atoms with Crippen LogP contribution in [0.4, 0.5) is 0 Å². The van der Waals surface area contributed by atoms with Crippen LogP contribution in [0.5, 0.6) is 0 Å². The molecule has 2 aliphatic carbocycles. The maximum Gasteiger partial charge on any atom is 0.143 e. The van der Waals surface area contributed by atoms with Gasteiger partial charge in [0.1, 0.15) is 11.6 Å². The molecule has 0 heterocycles. The van der Waals surface area contributed by atoms with E-state index in [1.807, 2.05) is 20.8 Å². The molecular weight excluding hydrogens is 228 g/mol. The summed E-state index contributed by atoms with van der Waals surface area (Å²) < 4.78 is 0. The zero-order valence-corrected chi connectivity index (χ0v) is 11.8. The fraction of sp³-hybridized carbons (Fsp3) is 0.867. The van der Waals surface area contributed by atoms with Crippen LogP contribution in [0.25, 0.3) is 0 Å². The first-order chi connectivity index (χ1) is 8.20. The first kappa shape index (κ1) is 13.7.